The Balaban J connectivity index is 1.55. The van der Waals surface area contributed by atoms with Gasteiger partial charge in [-0.3, -0.25) is 4.79 Å². The molecule has 1 aromatic carbocycles. The first-order valence-corrected chi connectivity index (χ1v) is 8.89. The maximum absolute atomic E-state index is 13.1. The van der Waals surface area contributed by atoms with Crippen molar-refractivity contribution < 1.29 is 14.3 Å². The summed E-state index contributed by atoms with van der Waals surface area (Å²) in [6.07, 6.45) is 5.30. The molecule has 1 aliphatic carbocycles. The fourth-order valence-electron chi connectivity index (χ4n) is 4.32. The van der Waals surface area contributed by atoms with E-state index in [1.165, 1.54) is 6.33 Å². The number of fused-ring (bicyclic) bond motifs is 1. The molecule has 2 aromatic rings. The van der Waals surface area contributed by atoms with Crippen molar-refractivity contribution in [2.45, 2.75) is 43.4 Å². The quantitative estimate of drug-likeness (QED) is 0.824. The number of methoxy groups -OCH3 is 2. The van der Waals surface area contributed by atoms with Crippen molar-refractivity contribution in [3.05, 3.63) is 36.2 Å². The van der Waals surface area contributed by atoms with E-state index >= 15 is 0 Å². The van der Waals surface area contributed by atoms with Gasteiger partial charge in [0, 0.05) is 26.3 Å². The number of hydrogen-bond acceptors (Lipinski definition) is 6. The predicted molar refractivity (Wildman–Crippen MR) is 93.0 cm³/mol. The molecule has 8 heteroatoms. The molecule has 1 aliphatic heterocycles. The summed E-state index contributed by atoms with van der Waals surface area (Å²) in [5.41, 5.74) is 1.24. The van der Waals surface area contributed by atoms with E-state index in [4.69, 9.17) is 9.47 Å². The Hall–Kier alpha value is -2.32. The summed E-state index contributed by atoms with van der Waals surface area (Å²) in [7, 11) is 3.50. The monoisotopic (exact) mass is 357 g/mol. The number of tetrazole rings is 1. The van der Waals surface area contributed by atoms with Crippen LogP contribution in [0.1, 0.15) is 36.0 Å². The van der Waals surface area contributed by atoms with E-state index in [2.05, 4.69) is 15.5 Å². The lowest BCUT2D eigenvalue weighted by molar-refractivity contribution is -0.0893. The highest BCUT2D eigenvalue weighted by Gasteiger charge is 2.52. The van der Waals surface area contributed by atoms with E-state index < -0.39 is 0 Å². The van der Waals surface area contributed by atoms with Gasteiger partial charge in [0.2, 0.25) is 0 Å². The lowest BCUT2D eigenvalue weighted by Gasteiger charge is -2.43. The van der Waals surface area contributed by atoms with E-state index in [1.54, 1.807) is 18.9 Å². The standard InChI is InChI=1S/C18H23N5O3/c1-25-15-7-8-18(26-2)9-10-22(16(18)11-15)17(24)13-3-5-14(6-4-13)23-12-19-20-21-23/h3-6,12,15-16H,7-11H2,1-2H3/t15-,16-,18+/m0/s1. The Labute approximate surface area is 152 Å². The van der Waals surface area contributed by atoms with Gasteiger partial charge in [0.1, 0.15) is 6.33 Å². The van der Waals surface area contributed by atoms with Gasteiger partial charge in [-0.25, -0.2) is 4.68 Å². The smallest absolute Gasteiger partial charge is 0.254 e. The van der Waals surface area contributed by atoms with Crippen molar-refractivity contribution in [2.24, 2.45) is 0 Å². The van der Waals surface area contributed by atoms with Crippen molar-refractivity contribution in [3.63, 3.8) is 0 Å². The molecule has 1 saturated carbocycles. The highest BCUT2D eigenvalue weighted by molar-refractivity contribution is 5.95. The van der Waals surface area contributed by atoms with E-state index in [9.17, 15) is 4.79 Å². The molecule has 0 unspecified atom stereocenters. The molecular formula is C18H23N5O3. The number of amides is 1. The Morgan fingerprint density at radius 2 is 2.04 bits per heavy atom. The number of hydrogen-bond donors (Lipinski definition) is 0. The number of ether oxygens (including phenoxy) is 2. The molecule has 0 spiro atoms. The maximum Gasteiger partial charge on any atom is 0.254 e. The summed E-state index contributed by atoms with van der Waals surface area (Å²) in [6, 6.07) is 7.40. The third kappa shape index (κ3) is 2.79. The van der Waals surface area contributed by atoms with Crippen LogP contribution < -0.4 is 0 Å². The van der Waals surface area contributed by atoms with Crippen molar-refractivity contribution in [2.75, 3.05) is 20.8 Å². The normalized spacial score (nSPS) is 28.2. The Bertz CT molecular complexity index is 764. The summed E-state index contributed by atoms with van der Waals surface area (Å²) >= 11 is 0. The van der Waals surface area contributed by atoms with Gasteiger partial charge >= 0.3 is 0 Å². The number of likely N-dealkylation sites (tertiary alicyclic amines) is 1. The number of benzene rings is 1. The molecule has 1 amide bonds. The van der Waals surface area contributed by atoms with Gasteiger partial charge in [-0.2, -0.15) is 0 Å². The average Bonchev–Trinajstić information content (AvgIpc) is 3.35. The second kappa shape index (κ2) is 6.77. The van der Waals surface area contributed by atoms with Crippen LogP contribution >= 0.6 is 0 Å². The molecule has 0 N–H and O–H groups in total. The Morgan fingerprint density at radius 1 is 1.23 bits per heavy atom. The van der Waals surface area contributed by atoms with Crippen molar-refractivity contribution >= 4 is 5.91 Å². The first-order chi connectivity index (χ1) is 12.7. The van der Waals surface area contributed by atoms with Gasteiger partial charge in [-0.05, 0) is 60.4 Å². The number of carbonyl (C=O) groups is 1. The van der Waals surface area contributed by atoms with E-state index in [0.29, 0.717) is 12.1 Å². The molecule has 0 bridgehead atoms. The molecular weight excluding hydrogens is 334 g/mol. The second-order valence-electron chi connectivity index (χ2n) is 6.97. The fourth-order valence-corrected chi connectivity index (χ4v) is 4.32. The summed E-state index contributed by atoms with van der Waals surface area (Å²) in [5, 5.41) is 11.1. The number of rotatable bonds is 4. The van der Waals surface area contributed by atoms with E-state index in [1.807, 2.05) is 29.2 Å². The number of nitrogens with zero attached hydrogens (tertiary/aromatic N) is 5. The number of carbonyl (C=O) groups excluding carboxylic acids is 1. The summed E-state index contributed by atoms with van der Waals surface area (Å²) < 4.78 is 13.0. The molecule has 2 fully saturated rings. The first kappa shape index (κ1) is 17.1. The third-order valence-electron chi connectivity index (χ3n) is 5.86. The fraction of sp³-hybridized carbons (Fsp3) is 0.556. The molecule has 138 valence electrons. The summed E-state index contributed by atoms with van der Waals surface area (Å²) in [5.74, 6) is 0.0361. The Kier molecular flexibility index (Phi) is 4.46. The average molecular weight is 357 g/mol. The van der Waals surface area contributed by atoms with Gasteiger partial charge in [0.25, 0.3) is 5.91 Å². The third-order valence-corrected chi connectivity index (χ3v) is 5.86. The molecule has 8 nitrogen and oxygen atoms in total. The predicted octanol–water partition coefficient (Wildman–Crippen LogP) is 1.46. The van der Waals surface area contributed by atoms with Gasteiger partial charge < -0.3 is 14.4 Å². The van der Waals surface area contributed by atoms with Crippen LogP contribution in [0.2, 0.25) is 0 Å². The van der Waals surface area contributed by atoms with Gasteiger partial charge in [-0.1, -0.05) is 0 Å². The zero-order chi connectivity index (χ0) is 18.1. The maximum atomic E-state index is 13.1. The van der Waals surface area contributed by atoms with Crippen LogP contribution in [0.5, 0.6) is 0 Å². The molecule has 3 atom stereocenters. The van der Waals surface area contributed by atoms with Crippen LogP contribution in [0.25, 0.3) is 5.69 Å². The van der Waals surface area contributed by atoms with E-state index in [-0.39, 0.29) is 23.7 Å². The molecule has 4 rings (SSSR count). The van der Waals surface area contributed by atoms with Crippen molar-refractivity contribution in [3.8, 4) is 5.69 Å². The topological polar surface area (TPSA) is 82.4 Å². The lowest BCUT2D eigenvalue weighted by atomic mass is 9.79. The molecule has 1 saturated heterocycles. The van der Waals surface area contributed by atoms with Gasteiger partial charge in [0.05, 0.1) is 23.4 Å². The number of aromatic nitrogens is 4. The molecule has 26 heavy (non-hydrogen) atoms. The van der Waals surface area contributed by atoms with Crippen LogP contribution in [-0.2, 0) is 9.47 Å². The van der Waals surface area contributed by atoms with Crippen molar-refractivity contribution in [1.29, 1.82) is 0 Å². The van der Waals surface area contributed by atoms with Gasteiger partial charge in [-0.15, -0.1) is 5.10 Å². The van der Waals surface area contributed by atoms with Gasteiger partial charge in [0.15, 0.2) is 0 Å². The zero-order valence-corrected chi connectivity index (χ0v) is 15.0. The highest BCUT2D eigenvalue weighted by Crippen LogP contribution is 2.43. The van der Waals surface area contributed by atoms with E-state index in [0.717, 1.165) is 31.4 Å². The summed E-state index contributed by atoms with van der Waals surface area (Å²) in [4.78, 5) is 15.1. The second-order valence-corrected chi connectivity index (χ2v) is 6.97. The van der Waals surface area contributed by atoms with Crippen LogP contribution in [-0.4, -0.2) is 69.5 Å². The van der Waals surface area contributed by atoms with Crippen molar-refractivity contribution in [1.82, 2.24) is 25.1 Å². The lowest BCUT2D eigenvalue weighted by Crippen LogP contribution is -2.53. The molecule has 2 aliphatic rings. The molecule has 2 heterocycles. The summed E-state index contributed by atoms with van der Waals surface area (Å²) in [6.45, 7) is 0.711. The van der Waals surface area contributed by atoms with Crippen LogP contribution in [0.4, 0.5) is 0 Å². The minimum Gasteiger partial charge on any atom is -0.381 e. The SMILES string of the molecule is CO[C@H]1CC[C@@]2(OC)CCN(C(=O)c3ccc(-n4cnnn4)cc3)[C@H]2C1. The first-order valence-electron chi connectivity index (χ1n) is 8.89. The largest absolute Gasteiger partial charge is 0.381 e. The molecule has 0 radical (unpaired) electrons. The highest BCUT2D eigenvalue weighted by atomic mass is 16.5. The molecule has 1 aromatic heterocycles. The van der Waals surface area contributed by atoms with Crippen LogP contribution in [0, 0.1) is 0 Å². The minimum atomic E-state index is -0.239. The van der Waals surface area contributed by atoms with Crippen LogP contribution in [0.3, 0.4) is 0 Å². The zero-order valence-electron chi connectivity index (χ0n) is 15.0. The minimum absolute atomic E-state index is 0.0361. The van der Waals surface area contributed by atoms with Crippen LogP contribution in [0.15, 0.2) is 30.6 Å². The Morgan fingerprint density at radius 3 is 2.69 bits per heavy atom.